The minimum atomic E-state index is 0.737. The maximum absolute atomic E-state index is 5.50. The van der Waals surface area contributed by atoms with E-state index in [2.05, 4.69) is 41.3 Å². The average Bonchev–Trinajstić information content (AvgIpc) is 2.32. The Labute approximate surface area is 114 Å². The quantitative estimate of drug-likeness (QED) is 0.340. The van der Waals surface area contributed by atoms with Crippen LogP contribution >= 0.6 is 11.8 Å². The Morgan fingerprint density at radius 1 is 1.33 bits per heavy atom. The highest BCUT2D eigenvalue weighted by Gasteiger charge is 2.10. The molecule has 18 heavy (non-hydrogen) atoms. The van der Waals surface area contributed by atoms with Gasteiger partial charge in [-0.05, 0) is 27.4 Å². The van der Waals surface area contributed by atoms with E-state index >= 15 is 0 Å². The maximum Gasteiger partial charge on any atom is 0.147 e. The maximum atomic E-state index is 5.50. The van der Waals surface area contributed by atoms with Gasteiger partial charge in [0.2, 0.25) is 0 Å². The second-order valence-corrected chi connectivity index (χ2v) is 5.55. The number of anilines is 1. The van der Waals surface area contributed by atoms with E-state index in [0.29, 0.717) is 0 Å². The lowest BCUT2D eigenvalue weighted by atomic mass is 10.3. The molecule has 0 atom stereocenters. The first kappa shape index (κ1) is 15.2. The third-order valence-corrected chi connectivity index (χ3v) is 3.59. The first-order valence-corrected chi connectivity index (χ1v) is 7.18. The lowest BCUT2D eigenvalue weighted by Gasteiger charge is -2.13. The smallest absolute Gasteiger partial charge is 0.147 e. The van der Waals surface area contributed by atoms with Crippen molar-refractivity contribution >= 4 is 17.6 Å². The van der Waals surface area contributed by atoms with Gasteiger partial charge in [-0.1, -0.05) is 6.92 Å². The third kappa shape index (κ3) is 4.44. The van der Waals surface area contributed by atoms with Gasteiger partial charge in [0.05, 0.1) is 0 Å². The van der Waals surface area contributed by atoms with Crippen molar-refractivity contribution in [3.8, 4) is 0 Å². The van der Waals surface area contributed by atoms with Crippen LogP contribution in [0.1, 0.15) is 24.7 Å². The highest BCUT2D eigenvalue weighted by atomic mass is 32.2. The summed E-state index contributed by atoms with van der Waals surface area (Å²) in [6.45, 7) is 5.16. The normalized spacial score (nSPS) is 11.0. The zero-order valence-corrected chi connectivity index (χ0v) is 12.5. The summed E-state index contributed by atoms with van der Waals surface area (Å²) in [5.41, 5.74) is 3.69. The molecule has 0 radical (unpaired) electrons. The van der Waals surface area contributed by atoms with E-state index in [4.69, 9.17) is 5.84 Å². The van der Waals surface area contributed by atoms with Crippen molar-refractivity contribution in [2.75, 3.05) is 31.8 Å². The molecule has 0 aromatic carbocycles. The van der Waals surface area contributed by atoms with Crippen LogP contribution < -0.4 is 11.3 Å². The number of hydrogen-bond acceptors (Lipinski definition) is 6. The van der Waals surface area contributed by atoms with E-state index in [9.17, 15) is 0 Å². The lowest BCUT2D eigenvalue weighted by Crippen LogP contribution is -2.16. The average molecular weight is 269 g/mol. The van der Waals surface area contributed by atoms with Crippen molar-refractivity contribution in [3.63, 3.8) is 0 Å². The lowest BCUT2D eigenvalue weighted by molar-refractivity contribution is 0.437. The molecular formula is C12H23N5S. The van der Waals surface area contributed by atoms with Gasteiger partial charge in [-0.2, -0.15) is 0 Å². The molecule has 0 unspecified atom stereocenters. The molecule has 1 aromatic rings. The Bertz CT molecular complexity index is 381. The molecule has 6 heteroatoms. The first-order valence-electron chi connectivity index (χ1n) is 6.20. The fourth-order valence-electron chi connectivity index (χ4n) is 1.48. The van der Waals surface area contributed by atoms with Gasteiger partial charge >= 0.3 is 0 Å². The van der Waals surface area contributed by atoms with Crippen LogP contribution in [0.2, 0.25) is 0 Å². The molecule has 0 saturated heterocycles. The molecule has 0 spiro atoms. The molecule has 0 aliphatic heterocycles. The fraction of sp³-hybridized carbons (Fsp3) is 0.667. The Kier molecular flexibility index (Phi) is 6.38. The number of thioether (sulfide) groups is 1. The Morgan fingerprint density at radius 3 is 2.61 bits per heavy atom. The predicted octanol–water partition coefficient (Wildman–Crippen LogP) is 1.68. The summed E-state index contributed by atoms with van der Waals surface area (Å²) in [6.07, 6.45) is 1.92. The number of aryl methyl sites for hydroxylation is 1. The van der Waals surface area contributed by atoms with Crippen molar-refractivity contribution in [1.82, 2.24) is 14.9 Å². The fourth-order valence-corrected chi connectivity index (χ4v) is 2.61. The standard InChI is InChI=1S/C12H23N5S/c1-5-6-10-14-11(16-13)9(2)12(15-10)18-8-7-17(3)4/h5-8,13H2,1-4H3,(H,14,15,16). The minimum absolute atomic E-state index is 0.737. The highest BCUT2D eigenvalue weighted by molar-refractivity contribution is 7.99. The minimum Gasteiger partial charge on any atom is -0.309 e. The number of nitrogens with two attached hydrogens (primary N) is 1. The molecule has 3 N–H and O–H groups in total. The zero-order chi connectivity index (χ0) is 13.5. The van der Waals surface area contributed by atoms with Crippen LogP contribution in [0.15, 0.2) is 5.03 Å². The van der Waals surface area contributed by atoms with Crippen molar-refractivity contribution < 1.29 is 0 Å². The Balaban J connectivity index is 2.83. The number of hydrogen-bond donors (Lipinski definition) is 2. The molecule has 0 fully saturated rings. The highest BCUT2D eigenvalue weighted by Crippen LogP contribution is 2.24. The van der Waals surface area contributed by atoms with E-state index in [-0.39, 0.29) is 0 Å². The topological polar surface area (TPSA) is 67.1 Å². The number of rotatable bonds is 7. The molecule has 0 aliphatic carbocycles. The molecule has 0 saturated carbocycles. The molecule has 0 amide bonds. The van der Waals surface area contributed by atoms with Gasteiger partial charge in [-0.25, -0.2) is 15.8 Å². The van der Waals surface area contributed by atoms with Crippen LogP contribution in [-0.4, -0.2) is 41.3 Å². The van der Waals surface area contributed by atoms with Crippen molar-refractivity contribution in [1.29, 1.82) is 0 Å². The summed E-state index contributed by atoms with van der Waals surface area (Å²) in [5, 5.41) is 1.03. The molecule has 0 aliphatic rings. The second-order valence-electron chi connectivity index (χ2n) is 4.46. The number of aromatic nitrogens is 2. The van der Waals surface area contributed by atoms with Crippen molar-refractivity contribution in [2.45, 2.75) is 31.7 Å². The molecule has 102 valence electrons. The van der Waals surface area contributed by atoms with E-state index in [0.717, 1.165) is 47.4 Å². The summed E-state index contributed by atoms with van der Waals surface area (Å²) in [6, 6.07) is 0. The third-order valence-electron chi connectivity index (χ3n) is 2.54. The molecule has 1 heterocycles. The van der Waals surface area contributed by atoms with Gasteiger partial charge in [0.25, 0.3) is 0 Å². The van der Waals surface area contributed by atoms with Crippen molar-refractivity contribution in [3.05, 3.63) is 11.4 Å². The van der Waals surface area contributed by atoms with Crippen molar-refractivity contribution in [2.24, 2.45) is 5.84 Å². The number of nitrogens with zero attached hydrogens (tertiary/aromatic N) is 3. The summed E-state index contributed by atoms with van der Waals surface area (Å²) >= 11 is 1.76. The van der Waals surface area contributed by atoms with E-state index in [1.807, 2.05) is 6.92 Å². The van der Waals surface area contributed by atoms with Crippen LogP contribution in [0, 0.1) is 6.92 Å². The van der Waals surface area contributed by atoms with Gasteiger partial charge in [0, 0.05) is 24.3 Å². The van der Waals surface area contributed by atoms with E-state index < -0.39 is 0 Å². The summed E-state index contributed by atoms with van der Waals surface area (Å²) in [4.78, 5) is 11.2. The Morgan fingerprint density at radius 2 is 2.06 bits per heavy atom. The number of nitrogen functional groups attached to an aromatic ring is 1. The Hall–Kier alpha value is -0.850. The molecule has 5 nitrogen and oxygen atoms in total. The largest absolute Gasteiger partial charge is 0.309 e. The van der Waals surface area contributed by atoms with E-state index in [1.54, 1.807) is 11.8 Å². The van der Waals surface area contributed by atoms with Gasteiger partial charge in [-0.3, -0.25) is 0 Å². The van der Waals surface area contributed by atoms with Crippen LogP contribution in [-0.2, 0) is 6.42 Å². The van der Waals surface area contributed by atoms with E-state index in [1.165, 1.54) is 0 Å². The van der Waals surface area contributed by atoms with Gasteiger partial charge in [0.15, 0.2) is 0 Å². The van der Waals surface area contributed by atoms with Crippen LogP contribution in [0.25, 0.3) is 0 Å². The van der Waals surface area contributed by atoms with Gasteiger partial charge < -0.3 is 10.3 Å². The summed E-state index contributed by atoms with van der Waals surface area (Å²) in [7, 11) is 4.14. The van der Waals surface area contributed by atoms with Crippen LogP contribution in [0.4, 0.5) is 5.82 Å². The molecule has 1 aromatic heterocycles. The number of hydrazine groups is 1. The summed E-state index contributed by atoms with van der Waals surface area (Å²) < 4.78 is 0. The monoisotopic (exact) mass is 269 g/mol. The molecule has 1 rings (SSSR count). The first-order chi connectivity index (χ1) is 8.58. The SMILES string of the molecule is CCCc1nc(NN)c(C)c(SCCN(C)C)n1. The predicted molar refractivity (Wildman–Crippen MR) is 77.9 cm³/mol. The van der Waals surface area contributed by atoms with Crippen LogP contribution in [0.3, 0.4) is 0 Å². The second kappa shape index (κ2) is 7.56. The van der Waals surface area contributed by atoms with Crippen LogP contribution in [0.5, 0.6) is 0 Å². The van der Waals surface area contributed by atoms with Gasteiger partial charge in [-0.15, -0.1) is 11.8 Å². The zero-order valence-electron chi connectivity index (χ0n) is 11.7. The van der Waals surface area contributed by atoms with Gasteiger partial charge in [0.1, 0.15) is 16.7 Å². The molecule has 0 bridgehead atoms. The summed E-state index contributed by atoms with van der Waals surface area (Å²) in [5.74, 6) is 8.12. The number of nitrogens with one attached hydrogen (secondary N) is 1. The molecular weight excluding hydrogens is 246 g/mol.